The van der Waals surface area contributed by atoms with Gasteiger partial charge in [-0.1, -0.05) is 34.7 Å². The van der Waals surface area contributed by atoms with Crippen molar-refractivity contribution < 1.29 is 22.9 Å². The number of sulfonamides is 1. The lowest BCUT2D eigenvalue weighted by atomic mass is 10.1. The number of carboxylic acids is 1. The fourth-order valence-electron chi connectivity index (χ4n) is 4.62. The van der Waals surface area contributed by atoms with Crippen molar-refractivity contribution in [1.82, 2.24) is 4.72 Å². The first kappa shape index (κ1) is 24.4. The molecule has 1 aromatic heterocycles. The highest BCUT2D eigenvalue weighted by Crippen LogP contribution is 2.46. The molecule has 1 saturated heterocycles. The number of benzene rings is 2. The van der Waals surface area contributed by atoms with Crippen LogP contribution in [-0.2, 0) is 21.9 Å². The summed E-state index contributed by atoms with van der Waals surface area (Å²) in [6.07, 6.45) is 3.61. The van der Waals surface area contributed by atoms with Gasteiger partial charge in [0, 0.05) is 35.3 Å². The number of fused-ring (bicyclic) bond motifs is 2. The normalized spacial score (nSPS) is 21.3. The molecule has 8 nitrogen and oxygen atoms in total. The Morgan fingerprint density at radius 1 is 1.29 bits per heavy atom. The summed E-state index contributed by atoms with van der Waals surface area (Å²) < 4.78 is 29.1. The Morgan fingerprint density at radius 3 is 2.77 bits per heavy atom. The van der Waals surface area contributed by atoms with Gasteiger partial charge in [0.05, 0.1) is 29.1 Å². The SMILES string of the molecule is CN1C(=Cc2sc3ccc(N4CCC(NS(C)(=O)=O)C4C(=O)O)cc3[n+]2C)Sc2ccc(Cl)cc21. The van der Waals surface area contributed by atoms with Crippen molar-refractivity contribution in [3.05, 3.63) is 51.5 Å². The van der Waals surface area contributed by atoms with E-state index in [-0.39, 0.29) is 0 Å². The molecule has 3 heterocycles. The number of anilines is 2. The van der Waals surface area contributed by atoms with Crippen molar-refractivity contribution in [2.45, 2.75) is 23.4 Å². The molecular formula is C23H24ClN4O4S3+. The van der Waals surface area contributed by atoms with E-state index in [0.29, 0.717) is 18.0 Å². The van der Waals surface area contributed by atoms with Crippen molar-refractivity contribution in [3.8, 4) is 0 Å². The lowest BCUT2D eigenvalue weighted by molar-refractivity contribution is -0.642. The van der Waals surface area contributed by atoms with E-state index in [2.05, 4.69) is 20.3 Å². The number of carboxylic acid groups (broad SMARTS) is 1. The van der Waals surface area contributed by atoms with Crippen LogP contribution in [0, 0.1) is 0 Å². The molecule has 0 saturated carbocycles. The molecule has 2 aliphatic heterocycles. The molecule has 0 spiro atoms. The minimum absolute atomic E-state index is 0.420. The van der Waals surface area contributed by atoms with Gasteiger partial charge in [-0.15, -0.1) is 0 Å². The van der Waals surface area contributed by atoms with E-state index in [0.717, 1.165) is 42.8 Å². The number of thiazole rings is 1. The second-order valence-electron chi connectivity index (χ2n) is 8.67. The number of aromatic nitrogens is 1. The van der Waals surface area contributed by atoms with Gasteiger partial charge in [0.15, 0.2) is 0 Å². The van der Waals surface area contributed by atoms with Crippen LogP contribution < -0.4 is 19.1 Å². The fourth-order valence-corrected chi connectivity index (χ4v) is 7.79. The van der Waals surface area contributed by atoms with Crippen LogP contribution in [0.15, 0.2) is 46.3 Å². The molecule has 1 fully saturated rings. The maximum absolute atomic E-state index is 12.1. The molecule has 5 rings (SSSR count). The van der Waals surface area contributed by atoms with Gasteiger partial charge in [0.25, 0.3) is 5.01 Å². The lowest BCUT2D eigenvalue weighted by Gasteiger charge is -2.26. The van der Waals surface area contributed by atoms with E-state index in [1.165, 1.54) is 0 Å². The number of thioether (sulfide) groups is 1. The third-order valence-electron chi connectivity index (χ3n) is 6.27. The van der Waals surface area contributed by atoms with Crippen molar-refractivity contribution in [1.29, 1.82) is 0 Å². The Labute approximate surface area is 216 Å². The predicted octanol–water partition coefficient (Wildman–Crippen LogP) is 3.50. The zero-order valence-electron chi connectivity index (χ0n) is 19.2. The van der Waals surface area contributed by atoms with Crippen LogP contribution in [0.5, 0.6) is 0 Å². The quantitative estimate of drug-likeness (QED) is 0.469. The molecule has 2 aliphatic rings. The van der Waals surface area contributed by atoms with Crippen LogP contribution in [0.2, 0.25) is 5.02 Å². The minimum atomic E-state index is -3.52. The molecule has 0 bridgehead atoms. The molecular weight excluding hydrogens is 528 g/mol. The second kappa shape index (κ2) is 8.97. The van der Waals surface area contributed by atoms with Crippen LogP contribution >= 0.6 is 34.7 Å². The first-order valence-electron chi connectivity index (χ1n) is 10.8. The number of carbonyl (C=O) groups is 1. The molecule has 3 aromatic rings. The van der Waals surface area contributed by atoms with Gasteiger partial charge in [-0.25, -0.2) is 17.9 Å². The summed E-state index contributed by atoms with van der Waals surface area (Å²) in [6, 6.07) is 10.1. The van der Waals surface area contributed by atoms with Crippen molar-refractivity contribution in [3.63, 3.8) is 0 Å². The molecule has 2 unspecified atom stereocenters. The maximum Gasteiger partial charge on any atom is 0.328 e. The Hall–Kier alpha value is -2.31. The summed E-state index contributed by atoms with van der Waals surface area (Å²) in [5.41, 5.74) is 2.81. The third kappa shape index (κ3) is 4.63. The molecule has 184 valence electrons. The average Bonchev–Trinajstić information content (AvgIpc) is 3.42. The average molecular weight is 552 g/mol. The van der Waals surface area contributed by atoms with Gasteiger partial charge in [-0.2, -0.15) is 4.57 Å². The Kier molecular flexibility index (Phi) is 6.25. The summed E-state index contributed by atoms with van der Waals surface area (Å²) in [4.78, 5) is 17.1. The van der Waals surface area contributed by atoms with Gasteiger partial charge in [0.2, 0.25) is 15.5 Å². The van der Waals surface area contributed by atoms with Gasteiger partial charge in [-0.05, 0) is 36.8 Å². The zero-order valence-corrected chi connectivity index (χ0v) is 22.4. The van der Waals surface area contributed by atoms with Gasteiger partial charge in [0.1, 0.15) is 17.8 Å². The number of nitrogens with one attached hydrogen (secondary N) is 1. The van der Waals surface area contributed by atoms with Crippen LogP contribution in [0.25, 0.3) is 16.3 Å². The zero-order chi connectivity index (χ0) is 25.1. The van der Waals surface area contributed by atoms with Gasteiger partial charge >= 0.3 is 5.97 Å². The molecule has 2 N–H and O–H groups in total. The van der Waals surface area contributed by atoms with Crippen molar-refractivity contribution in [2.24, 2.45) is 7.05 Å². The lowest BCUT2D eigenvalue weighted by Crippen LogP contribution is -2.49. The van der Waals surface area contributed by atoms with Crippen molar-refractivity contribution in [2.75, 3.05) is 29.6 Å². The molecule has 0 radical (unpaired) electrons. The molecule has 0 amide bonds. The van der Waals surface area contributed by atoms with Crippen LogP contribution in [0.3, 0.4) is 0 Å². The smallest absolute Gasteiger partial charge is 0.328 e. The summed E-state index contributed by atoms with van der Waals surface area (Å²) in [6.45, 7) is 0.447. The standard InChI is InChI=1S/C23H23ClN4O4S3/c1-26-16-10-13(24)4-6-18(16)33-20(26)12-21-27(2)17-11-14(5-7-19(17)34-21)28-9-8-15(22(28)23(29)30)25-35(3,31)32/h4-7,10-12,15,22,25H,8-9H2,1-3H3/p+1. The maximum atomic E-state index is 12.1. The number of hydrogen-bond donors (Lipinski definition) is 2. The molecule has 12 heteroatoms. The molecule has 2 aromatic carbocycles. The largest absolute Gasteiger partial charge is 0.480 e. The van der Waals surface area contributed by atoms with E-state index < -0.39 is 28.1 Å². The predicted molar refractivity (Wildman–Crippen MR) is 142 cm³/mol. The molecule has 35 heavy (non-hydrogen) atoms. The number of halogens is 1. The van der Waals surface area contributed by atoms with Gasteiger partial charge in [-0.3, -0.25) is 0 Å². The Balaban J connectivity index is 1.47. The highest BCUT2D eigenvalue weighted by Gasteiger charge is 2.41. The van der Waals surface area contributed by atoms with Crippen LogP contribution in [0.4, 0.5) is 11.4 Å². The third-order valence-corrected chi connectivity index (χ3v) is 9.57. The highest BCUT2D eigenvalue weighted by atomic mass is 35.5. The van der Waals surface area contributed by atoms with Crippen molar-refractivity contribution >= 4 is 78.4 Å². The first-order valence-corrected chi connectivity index (χ1v) is 14.7. The summed E-state index contributed by atoms with van der Waals surface area (Å²) in [5.74, 6) is -1.05. The fraction of sp³-hybridized carbons (Fsp3) is 0.304. The summed E-state index contributed by atoms with van der Waals surface area (Å²) in [5, 5.41) is 12.7. The van der Waals surface area contributed by atoms with Gasteiger partial charge < -0.3 is 14.9 Å². The number of nitrogens with zero attached hydrogens (tertiary/aromatic N) is 3. The van der Waals surface area contributed by atoms with Crippen LogP contribution in [-0.4, -0.2) is 51.4 Å². The van der Waals surface area contributed by atoms with E-state index >= 15 is 0 Å². The first-order chi connectivity index (χ1) is 16.5. The Bertz CT molecular complexity index is 1490. The summed E-state index contributed by atoms with van der Waals surface area (Å²) in [7, 11) is 0.494. The number of rotatable bonds is 5. The van der Waals surface area contributed by atoms with E-state index in [9.17, 15) is 18.3 Å². The summed E-state index contributed by atoms with van der Waals surface area (Å²) >= 11 is 9.53. The topological polar surface area (TPSA) is 93.8 Å². The van der Waals surface area contributed by atoms with E-state index in [1.54, 1.807) is 28.0 Å². The van der Waals surface area contributed by atoms with Crippen LogP contribution in [0.1, 0.15) is 11.4 Å². The monoisotopic (exact) mass is 551 g/mol. The molecule has 2 atom stereocenters. The Morgan fingerprint density at radius 2 is 2.06 bits per heavy atom. The van der Waals surface area contributed by atoms with E-state index in [4.69, 9.17) is 11.6 Å². The van der Waals surface area contributed by atoms with E-state index in [1.807, 2.05) is 50.5 Å². The minimum Gasteiger partial charge on any atom is -0.480 e. The second-order valence-corrected chi connectivity index (χ2v) is 13.0. The number of aryl methyl sites for hydroxylation is 1. The highest BCUT2D eigenvalue weighted by molar-refractivity contribution is 8.03. The molecule has 0 aliphatic carbocycles. The number of hydrogen-bond acceptors (Lipinski definition) is 7. The number of aliphatic carboxylic acids is 1.